The zero-order valence-electron chi connectivity index (χ0n) is 11.0. The third kappa shape index (κ3) is 3.62. The minimum absolute atomic E-state index is 0.709. The van der Waals surface area contributed by atoms with Gasteiger partial charge in [0.1, 0.15) is 0 Å². The average Bonchev–Trinajstić information content (AvgIpc) is 2.96. The Bertz CT molecular complexity index is 500. The smallest absolute Gasteiger partial charge is 0.0346 e. The molecule has 1 aromatic heterocycles. The van der Waals surface area contributed by atoms with Crippen LogP contribution in [0.25, 0.3) is 10.4 Å². The number of hydrogen-bond donors (Lipinski definition) is 1. The fourth-order valence-corrected chi connectivity index (χ4v) is 4.45. The number of benzene rings is 1. The van der Waals surface area contributed by atoms with Gasteiger partial charge in [-0.15, -0.1) is 11.3 Å². The molecule has 3 heteroatoms. The van der Waals surface area contributed by atoms with Gasteiger partial charge in [-0.2, -0.15) is 11.8 Å². The lowest BCUT2D eigenvalue weighted by Crippen LogP contribution is -2.32. The second-order valence-corrected chi connectivity index (χ2v) is 7.25. The molecule has 1 N–H and O–H groups in total. The van der Waals surface area contributed by atoms with Crippen molar-refractivity contribution in [1.29, 1.82) is 0 Å². The molecule has 1 fully saturated rings. The van der Waals surface area contributed by atoms with Crippen LogP contribution in [-0.2, 0) is 6.54 Å². The summed E-state index contributed by atoms with van der Waals surface area (Å²) < 4.78 is 0. The molecule has 1 aliphatic rings. The molecule has 0 saturated carbocycles. The van der Waals surface area contributed by atoms with Crippen LogP contribution in [0.5, 0.6) is 0 Å². The van der Waals surface area contributed by atoms with Gasteiger partial charge in [0.05, 0.1) is 0 Å². The quantitative estimate of drug-likeness (QED) is 0.895. The predicted octanol–water partition coefficient (Wildman–Crippen LogP) is 4.40. The minimum Gasteiger partial charge on any atom is -0.308 e. The fourth-order valence-electron chi connectivity index (χ4n) is 2.38. The van der Waals surface area contributed by atoms with Crippen molar-refractivity contribution in [2.45, 2.75) is 25.4 Å². The van der Waals surface area contributed by atoms with Gasteiger partial charge in [0.25, 0.3) is 0 Å². The number of hydrogen-bond acceptors (Lipinski definition) is 3. The molecule has 1 unspecified atom stereocenters. The SMILES string of the molecule is c1ccc(-c2ccc(CNC3CCCSC3)s2)cc1. The van der Waals surface area contributed by atoms with Crippen LogP contribution in [0.15, 0.2) is 42.5 Å². The molecule has 0 bridgehead atoms. The molecule has 0 radical (unpaired) electrons. The highest BCUT2D eigenvalue weighted by Crippen LogP contribution is 2.28. The Morgan fingerprint density at radius 3 is 2.79 bits per heavy atom. The minimum atomic E-state index is 0.709. The Labute approximate surface area is 123 Å². The zero-order valence-corrected chi connectivity index (χ0v) is 12.6. The zero-order chi connectivity index (χ0) is 12.9. The topological polar surface area (TPSA) is 12.0 Å². The first-order valence-electron chi connectivity index (χ1n) is 6.87. The average molecular weight is 289 g/mol. The molecule has 0 spiro atoms. The molecule has 3 rings (SSSR count). The van der Waals surface area contributed by atoms with Gasteiger partial charge >= 0.3 is 0 Å². The van der Waals surface area contributed by atoms with Crippen LogP contribution in [0.3, 0.4) is 0 Å². The summed E-state index contributed by atoms with van der Waals surface area (Å²) >= 11 is 3.99. The van der Waals surface area contributed by atoms with Crippen molar-refractivity contribution in [3.63, 3.8) is 0 Å². The Hall–Kier alpha value is -0.770. The van der Waals surface area contributed by atoms with Crippen LogP contribution in [0.4, 0.5) is 0 Å². The van der Waals surface area contributed by atoms with E-state index in [1.54, 1.807) is 0 Å². The molecular weight excluding hydrogens is 270 g/mol. The monoisotopic (exact) mass is 289 g/mol. The maximum atomic E-state index is 3.69. The van der Waals surface area contributed by atoms with E-state index in [1.165, 1.54) is 39.7 Å². The lowest BCUT2D eigenvalue weighted by atomic mass is 10.2. The molecular formula is C16H19NS2. The maximum absolute atomic E-state index is 3.69. The summed E-state index contributed by atoms with van der Waals surface area (Å²) in [7, 11) is 0. The van der Waals surface area contributed by atoms with E-state index in [2.05, 4.69) is 59.5 Å². The van der Waals surface area contributed by atoms with E-state index in [0.29, 0.717) is 6.04 Å². The van der Waals surface area contributed by atoms with Crippen LogP contribution < -0.4 is 5.32 Å². The van der Waals surface area contributed by atoms with E-state index in [-0.39, 0.29) is 0 Å². The van der Waals surface area contributed by atoms with Crippen LogP contribution in [-0.4, -0.2) is 17.5 Å². The lowest BCUT2D eigenvalue weighted by Gasteiger charge is -2.22. The van der Waals surface area contributed by atoms with E-state index in [4.69, 9.17) is 0 Å². The van der Waals surface area contributed by atoms with Crippen LogP contribution in [0.1, 0.15) is 17.7 Å². The lowest BCUT2D eigenvalue weighted by molar-refractivity contribution is 0.510. The van der Waals surface area contributed by atoms with E-state index in [9.17, 15) is 0 Å². The van der Waals surface area contributed by atoms with E-state index in [1.807, 2.05) is 11.3 Å². The standard InChI is InChI=1S/C16H19NS2/c1-2-5-13(6-3-1)16-9-8-15(19-16)11-17-14-7-4-10-18-12-14/h1-3,5-6,8-9,14,17H,4,7,10-12H2. The Balaban J connectivity index is 1.59. The molecule has 19 heavy (non-hydrogen) atoms. The van der Waals surface area contributed by atoms with Crippen molar-refractivity contribution >= 4 is 23.1 Å². The van der Waals surface area contributed by atoms with Gasteiger partial charge in [0.15, 0.2) is 0 Å². The van der Waals surface area contributed by atoms with Crippen molar-refractivity contribution < 1.29 is 0 Å². The highest BCUT2D eigenvalue weighted by molar-refractivity contribution is 7.99. The van der Waals surface area contributed by atoms with Crippen LogP contribution >= 0.6 is 23.1 Å². The van der Waals surface area contributed by atoms with Crippen LogP contribution in [0.2, 0.25) is 0 Å². The highest BCUT2D eigenvalue weighted by atomic mass is 32.2. The van der Waals surface area contributed by atoms with Gasteiger partial charge in [-0.3, -0.25) is 0 Å². The van der Waals surface area contributed by atoms with Crippen molar-refractivity contribution in [3.8, 4) is 10.4 Å². The van der Waals surface area contributed by atoms with Gasteiger partial charge in [-0.1, -0.05) is 30.3 Å². The van der Waals surface area contributed by atoms with Crippen molar-refractivity contribution in [3.05, 3.63) is 47.3 Å². The summed E-state index contributed by atoms with van der Waals surface area (Å²) in [5.41, 5.74) is 1.33. The molecule has 0 amide bonds. The Morgan fingerprint density at radius 2 is 2.00 bits per heavy atom. The normalized spacial score (nSPS) is 19.5. The summed E-state index contributed by atoms with van der Waals surface area (Å²) in [4.78, 5) is 2.81. The summed E-state index contributed by atoms with van der Waals surface area (Å²) in [5, 5.41) is 3.69. The molecule has 2 aromatic rings. The third-order valence-corrected chi connectivity index (χ3v) is 5.79. The molecule has 1 nitrogen and oxygen atoms in total. The van der Waals surface area contributed by atoms with Gasteiger partial charge in [-0.25, -0.2) is 0 Å². The first kappa shape index (κ1) is 13.2. The van der Waals surface area contributed by atoms with Gasteiger partial charge in [0, 0.05) is 28.1 Å². The number of thioether (sulfide) groups is 1. The molecule has 1 saturated heterocycles. The van der Waals surface area contributed by atoms with Gasteiger partial charge in [0.2, 0.25) is 0 Å². The molecule has 1 aromatic carbocycles. The fraction of sp³-hybridized carbons (Fsp3) is 0.375. The summed E-state index contributed by atoms with van der Waals surface area (Å²) in [6.45, 7) is 1.02. The molecule has 100 valence electrons. The molecule has 1 aliphatic heterocycles. The van der Waals surface area contributed by atoms with E-state index >= 15 is 0 Å². The molecule has 0 aliphatic carbocycles. The second-order valence-electron chi connectivity index (χ2n) is 4.93. The second kappa shape index (κ2) is 6.60. The first-order valence-corrected chi connectivity index (χ1v) is 8.84. The Morgan fingerprint density at radius 1 is 1.11 bits per heavy atom. The van der Waals surface area contributed by atoms with E-state index in [0.717, 1.165) is 6.54 Å². The van der Waals surface area contributed by atoms with E-state index < -0.39 is 0 Å². The summed E-state index contributed by atoms with van der Waals surface area (Å²) in [6.07, 6.45) is 2.70. The highest BCUT2D eigenvalue weighted by Gasteiger charge is 2.13. The first-order chi connectivity index (χ1) is 9.42. The number of rotatable bonds is 4. The largest absolute Gasteiger partial charge is 0.308 e. The molecule has 1 atom stereocenters. The van der Waals surface area contributed by atoms with Crippen molar-refractivity contribution in [1.82, 2.24) is 5.32 Å². The van der Waals surface area contributed by atoms with Crippen molar-refractivity contribution in [2.24, 2.45) is 0 Å². The van der Waals surface area contributed by atoms with Crippen LogP contribution in [0, 0.1) is 0 Å². The summed E-state index contributed by atoms with van der Waals surface area (Å²) in [6, 6.07) is 15.9. The van der Waals surface area contributed by atoms with Gasteiger partial charge in [-0.05, 0) is 36.3 Å². The number of nitrogens with one attached hydrogen (secondary N) is 1. The van der Waals surface area contributed by atoms with Crippen molar-refractivity contribution in [2.75, 3.05) is 11.5 Å². The third-order valence-electron chi connectivity index (χ3n) is 3.45. The van der Waals surface area contributed by atoms with Gasteiger partial charge < -0.3 is 5.32 Å². The maximum Gasteiger partial charge on any atom is 0.0346 e. The molecule has 2 heterocycles. The predicted molar refractivity (Wildman–Crippen MR) is 86.9 cm³/mol. The number of thiophene rings is 1. The summed E-state index contributed by atoms with van der Waals surface area (Å²) in [5.74, 6) is 2.62. The Kier molecular flexibility index (Phi) is 4.59.